The number of likely N-dealkylation sites (N-methyl/N-ethyl adjacent to an activating group) is 1. The third-order valence-electron chi connectivity index (χ3n) is 5.28. The fourth-order valence-corrected chi connectivity index (χ4v) is 4.51. The van der Waals surface area contributed by atoms with Crippen LogP contribution in [0.5, 0.6) is 11.5 Å². The summed E-state index contributed by atoms with van der Waals surface area (Å²) in [7, 11) is 0. The van der Waals surface area contributed by atoms with Crippen LogP contribution in [0.25, 0.3) is 0 Å². The summed E-state index contributed by atoms with van der Waals surface area (Å²) in [6.45, 7) is 4.60. The fraction of sp³-hybridized carbons (Fsp3) is 0.280. The van der Waals surface area contributed by atoms with Crippen LogP contribution in [0, 0.1) is 0 Å². The van der Waals surface area contributed by atoms with Gasteiger partial charge in [-0.05, 0) is 61.7 Å². The maximum atomic E-state index is 13.7. The standard InChI is InChI=1S/C25H28ClN3O3S/c1-3-28(18(2)17-27)25(31)24(22-10-7-15-33-22)29(23(30)16-26)19-11-13-21(14-12-19)32-20-8-5-4-6-9-20/h4-15,18,24H,3,16-17,27H2,1-2H3. The first-order chi connectivity index (χ1) is 16.0. The Labute approximate surface area is 203 Å². The minimum atomic E-state index is -0.842. The molecule has 1 heterocycles. The first kappa shape index (κ1) is 24.8. The zero-order chi connectivity index (χ0) is 23.8. The molecule has 0 fully saturated rings. The lowest BCUT2D eigenvalue weighted by atomic mass is 10.1. The van der Waals surface area contributed by atoms with Crippen LogP contribution in [0.15, 0.2) is 72.1 Å². The van der Waals surface area contributed by atoms with E-state index in [1.807, 2.05) is 61.7 Å². The largest absolute Gasteiger partial charge is 0.457 e. The highest BCUT2D eigenvalue weighted by molar-refractivity contribution is 7.10. The summed E-state index contributed by atoms with van der Waals surface area (Å²) in [5.41, 5.74) is 6.41. The number of para-hydroxylation sites is 1. The van der Waals surface area contributed by atoms with E-state index in [0.29, 0.717) is 30.3 Å². The van der Waals surface area contributed by atoms with Crippen molar-refractivity contribution in [2.75, 3.05) is 23.9 Å². The number of benzene rings is 2. The number of anilines is 1. The van der Waals surface area contributed by atoms with Crippen molar-refractivity contribution in [2.24, 2.45) is 5.73 Å². The predicted octanol–water partition coefficient (Wildman–Crippen LogP) is 5.05. The molecule has 2 amide bonds. The number of halogens is 1. The molecule has 174 valence electrons. The lowest BCUT2D eigenvalue weighted by molar-refractivity contribution is -0.136. The number of nitrogens with two attached hydrogens (primary N) is 1. The van der Waals surface area contributed by atoms with E-state index in [-0.39, 0.29) is 23.7 Å². The Morgan fingerprint density at radius 2 is 1.70 bits per heavy atom. The van der Waals surface area contributed by atoms with Crippen LogP contribution < -0.4 is 15.4 Å². The van der Waals surface area contributed by atoms with Gasteiger partial charge in [0.2, 0.25) is 5.91 Å². The molecule has 3 aromatic rings. The molecule has 0 saturated heterocycles. The SMILES string of the molecule is CCN(C(=O)C(c1cccs1)N(C(=O)CCl)c1ccc(Oc2ccccc2)cc1)C(C)CN. The summed E-state index contributed by atoms with van der Waals surface area (Å²) in [5, 5.41) is 1.89. The molecule has 8 heteroatoms. The van der Waals surface area contributed by atoms with Gasteiger partial charge in [-0.2, -0.15) is 0 Å². The molecule has 0 aliphatic rings. The van der Waals surface area contributed by atoms with Crippen molar-refractivity contribution in [3.05, 3.63) is 77.0 Å². The molecule has 0 aliphatic carbocycles. The maximum absolute atomic E-state index is 13.7. The lowest BCUT2D eigenvalue weighted by Gasteiger charge is -2.36. The van der Waals surface area contributed by atoms with Crippen molar-refractivity contribution >= 4 is 40.4 Å². The van der Waals surface area contributed by atoms with E-state index in [1.165, 1.54) is 16.2 Å². The summed E-state index contributed by atoms with van der Waals surface area (Å²) in [6, 6.07) is 19.2. The van der Waals surface area contributed by atoms with Crippen LogP contribution in [-0.4, -0.2) is 41.7 Å². The van der Waals surface area contributed by atoms with E-state index in [0.717, 1.165) is 4.88 Å². The van der Waals surface area contributed by atoms with Gasteiger partial charge in [-0.1, -0.05) is 24.3 Å². The Hall–Kier alpha value is -2.87. The summed E-state index contributed by atoms with van der Waals surface area (Å²) in [6.07, 6.45) is 0. The van der Waals surface area contributed by atoms with E-state index in [9.17, 15) is 9.59 Å². The van der Waals surface area contributed by atoms with Crippen LogP contribution in [-0.2, 0) is 9.59 Å². The fourth-order valence-electron chi connectivity index (χ4n) is 3.58. The summed E-state index contributed by atoms with van der Waals surface area (Å²) < 4.78 is 5.87. The van der Waals surface area contributed by atoms with Gasteiger partial charge < -0.3 is 15.4 Å². The summed E-state index contributed by atoms with van der Waals surface area (Å²) in [5.74, 6) is 0.516. The van der Waals surface area contributed by atoms with Gasteiger partial charge in [0.25, 0.3) is 5.91 Å². The molecule has 2 atom stereocenters. The first-order valence-corrected chi connectivity index (χ1v) is 12.2. The number of carbonyl (C=O) groups excluding carboxylic acids is 2. The predicted molar refractivity (Wildman–Crippen MR) is 134 cm³/mol. The number of amides is 2. The van der Waals surface area contributed by atoms with Crippen LogP contribution in [0.4, 0.5) is 5.69 Å². The Kier molecular flexibility index (Phi) is 8.88. The Morgan fingerprint density at radius 1 is 1.03 bits per heavy atom. The van der Waals surface area contributed by atoms with Crippen molar-refractivity contribution in [1.29, 1.82) is 0 Å². The highest BCUT2D eigenvalue weighted by Gasteiger charge is 2.36. The van der Waals surface area contributed by atoms with E-state index in [2.05, 4.69) is 0 Å². The number of nitrogens with zero attached hydrogens (tertiary/aromatic N) is 2. The minimum Gasteiger partial charge on any atom is -0.457 e. The van der Waals surface area contributed by atoms with Gasteiger partial charge in [0.15, 0.2) is 0 Å². The van der Waals surface area contributed by atoms with Crippen molar-refractivity contribution < 1.29 is 14.3 Å². The molecule has 0 saturated carbocycles. The van der Waals surface area contributed by atoms with E-state index in [4.69, 9.17) is 22.1 Å². The summed E-state index contributed by atoms with van der Waals surface area (Å²) >= 11 is 7.41. The topological polar surface area (TPSA) is 75.9 Å². The summed E-state index contributed by atoms with van der Waals surface area (Å²) in [4.78, 5) is 30.7. The number of ether oxygens (including phenoxy) is 1. The van der Waals surface area contributed by atoms with Crippen LogP contribution >= 0.6 is 22.9 Å². The molecular weight excluding hydrogens is 458 g/mol. The van der Waals surface area contributed by atoms with Gasteiger partial charge in [0.05, 0.1) is 0 Å². The molecule has 0 aliphatic heterocycles. The molecule has 0 bridgehead atoms. The average molecular weight is 486 g/mol. The average Bonchev–Trinajstić information content (AvgIpc) is 3.38. The zero-order valence-electron chi connectivity index (χ0n) is 18.7. The number of alkyl halides is 1. The smallest absolute Gasteiger partial charge is 0.251 e. The van der Waals surface area contributed by atoms with Gasteiger partial charge in [-0.3, -0.25) is 14.5 Å². The molecular formula is C25H28ClN3O3S. The molecule has 3 rings (SSSR count). The third kappa shape index (κ3) is 5.93. The van der Waals surface area contributed by atoms with Gasteiger partial charge in [0, 0.05) is 29.7 Å². The number of hydrogen-bond donors (Lipinski definition) is 1. The van der Waals surface area contributed by atoms with Crippen molar-refractivity contribution in [1.82, 2.24) is 4.90 Å². The van der Waals surface area contributed by atoms with Crippen LogP contribution in [0.2, 0.25) is 0 Å². The van der Waals surface area contributed by atoms with Crippen molar-refractivity contribution in [3.63, 3.8) is 0 Å². The molecule has 2 unspecified atom stereocenters. The van der Waals surface area contributed by atoms with Crippen molar-refractivity contribution in [2.45, 2.75) is 25.9 Å². The minimum absolute atomic E-state index is 0.167. The first-order valence-electron chi connectivity index (χ1n) is 10.7. The number of hydrogen-bond acceptors (Lipinski definition) is 5. The molecule has 6 nitrogen and oxygen atoms in total. The quantitative estimate of drug-likeness (QED) is 0.408. The highest BCUT2D eigenvalue weighted by atomic mass is 35.5. The van der Waals surface area contributed by atoms with Gasteiger partial charge in [-0.15, -0.1) is 22.9 Å². The molecule has 0 spiro atoms. The lowest BCUT2D eigenvalue weighted by Crippen LogP contribution is -2.50. The van der Waals surface area contributed by atoms with Gasteiger partial charge >= 0.3 is 0 Å². The normalized spacial score (nSPS) is 12.6. The maximum Gasteiger partial charge on any atom is 0.251 e. The molecule has 0 radical (unpaired) electrons. The van der Waals surface area contributed by atoms with Crippen LogP contribution in [0.3, 0.4) is 0 Å². The van der Waals surface area contributed by atoms with Crippen LogP contribution in [0.1, 0.15) is 24.8 Å². The van der Waals surface area contributed by atoms with Gasteiger partial charge in [-0.25, -0.2) is 0 Å². The monoisotopic (exact) mass is 485 g/mol. The Balaban J connectivity index is 1.99. The third-order valence-corrected chi connectivity index (χ3v) is 6.43. The molecule has 33 heavy (non-hydrogen) atoms. The highest BCUT2D eigenvalue weighted by Crippen LogP contribution is 2.34. The second-order valence-corrected chi connectivity index (χ2v) is 8.68. The van der Waals surface area contributed by atoms with Gasteiger partial charge in [0.1, 0.15) is 23.4 Å². The van der Waals surface area contributed by atoms with E-state index >= 15 is 0 Å². The molecule has 2 aromatic carbocycles. The molecule has 1 aromatic heterocycles. The molecule has 2 N–H and O–H groups in total. The second-order valence-electron chi connectivity index (χ2n) is 7.43. The van der Waals surface area contributed by atoms with Crippen molar-refractivity contribution in [3.8, 4) is 11.5 Å². The number of rotatable bonds is 10. The zero-order valence-corrected chi connectivity index (χ0v) is 20.3. The number of thiophene rings is 1. The van der Waals surface area contributed by atoms with E-state index < -0.39 is 6.04 Å². The Morgan fingerprint density at radius 3 is 2.24 bits per heavy atom. The second kappa shape index (κ2) is 11.8. The Bertz CT molecular complexity index is 1030. The van der Waals surface area contributed by atoms with E-state index in [1.54, 1.807) is 29.2 Å². The number of carbonyl (C=O) groups is 2.